The molecule has 0 aromatic rings. The second kappa shape index (κ2) is 37.8. The van der Waals surface area contributed by atoms with Gasteiger partial charge in [0.2, 0.25) is 0 Å². The van der Waals surface area contributed by atoms with Gasteiger partial charge in [0.25, 0.3) is 0 Å². The van der Waals surface area contributed by atoms with Gasteiger partial charge in [-0.3, -0.25) is 0 Å². The molecule has 4 radical (unpaired) electrons. The molecule has 0 aromatic carbocycles. The van der Waals surface area contributed by atoms with Crippen LogP contribution in [0.3, 0.4) is 0 Å². The molecule has 0 rings (SSSR count). The molecule has 48 heteroatoms. The average Bonchev–Trinajstić information content (AvgIpc) is 3.08. The van der Waals surface area contributed by atoms with Crippen LogP contribution >= 0.6 is 447 Å². The van der Waals surface area contributed by atoms with E-state index in [-0.39, 0.29) is 42.8 Å². The van der Waals surface area contributed by atoms with E-state index in [4.69, 9.17) is 11.3 Å². The van der Waals surface area contributed by atoms with E-state index in [0.29, 0.717) is 78.3 Å². The van der Waals surface area contributed by atoms with Gasteiger partial charge in [-0.2, -0.15) is 447 Å². The fourth-order valence-corrected chi connectivity index (χ4v) is 29.4. The summed E-state index contributed by atoms with van der Waals surface area (Å²) in [7, 11) is 4.56. The van der Waals surface area contributed by atoms with Crippen molar-refractivity contribution < 1.29 is 29.6 Å². The topological polar surface area (TPSA) is 64.1 Å². The van der Waals surface area contributed by atoms with E-state index < -0.39 is 0 Å². The minimum absolute atomic E-state index is 0. The van der Waals surface area contributed by atoms with E-state index in [0.717, 1.165) is 0 Å². The molecule has 0 atom stereocenters. The molecule has 0 aliphatic heterocycles. The molecular formula is H5B24I20N3Na+. The number of hydrogen-bond donors (Lipinski definition) is 3. The monoisotopic (exact) mass is 2870 g/mol. The first-order valence-electron chi connectivity index (χ1n) is 12.9. The van der Waals surface area contributed by atoms with Gasteiger partial charge in [0.15, 0.2) is 116 Å². The Bertz CT molecular complexity index is 786. The second-order valence-electron chi connectivity index (χ2n) is 9.91. The molecule has 48 heavy (non-hydrogen) atoms. The SMILES string of the molecule is NB(B(I)B(I)B(I)B(I)[B]I)B(I)B(I)B(I)B(I)B(I)[B]N[B]B(I)B(I)B(I)B(I)B(I)B(N)B(I)B(I)B(I)B(I)[B]I.[Na+]. The first-order chi connectivity index (χ1) is 21.6. The van der Waals surface area contributed by atoms with Gasteiger partial charge >= 0.3 is 29.6 Å². The maximum absolute atomic E-state index is 6.95. The fourth-order valence-electron chi connectivity index (χ4n) is 3.52. The van der Waals surface area contributed by atoms with Crippen LogP contribution in [-0.4, -0.2) is 116 Å². The summed E-state index contributed by atoms with van der Waals surface area (Å²) in [5.41, 5.74) is 13.9. The molecule has 0 bridgehead atoms. The summed E-state index contributed by atoms with van der Waals surface area (Å²) in [4.78, 5) is 0. The normalized spacial score (nSPS) is 9.79. The first kappa shape index (κ1) is 67.1. The van der Waals surface area contributed by atoms with Crippen molar-refractivity contribution in [2.75, 3.05) is 0 Å². The van der Waals surface area contributed by atoms with Crippen molar-refractivity contribution in [3.05, 3.63) is 0 Å². The molecule has 0 aliphatic rings. The van der Waals surface area contributed by atoms with E-state index in [2.05, 4.69) is 477 Å². The largest absolute Gasteiger partial charge is 1.00 e. The predicted molar refractivity (Wildman–Crippen MR) is 430 cm³/mol. The van der Waals surface area contributed by atoms with Crippen LogP contribution in [0.2, 0.25) is 0 Å². The van der Waals surface area contributed by atoms with Crippen LogP contribution in [0.1, 0.15) is 0 Å². The Kier molecular flexibility index (Phi) is 52.9. The molecule has 0 unspecified atom stereocenters. The Hall–Kier alpha value is 17.0. The number of nitrogens with two attached hydrogens (primary N) is 2. The summed E-state index contributed by atoms with van der Waals surface area (Å²) in [6, 6.07) is 0. The molecule has 0 saturated heterocycles. The summed E-state index contributed by atoms with van der Waals surface area (Å²) in [5, 5.41) is 8.16. The summed E-state index contributed by atoms with van der Waals surface area (Å²) in [6.07, 6.45) is 0. The van der Waals surface area contributed by atoms with Gasteiger partial charge in [0, 0.05) is 0 Å². The van der Waals surface area contributed by atoms with Crippen LogP contribution in [0.5, 0.6) is 0 Å². The Balaban J connectivity index is 0. The van der Waals surface area contributed by atoms with Gasteiger partial charge in [0.1, 0.15) is 0 Å². The van der Waals surface area contributed by atoms with Gasteiger partial charge < -0.3 is 16.4 Å². The smallest absolute Gasteiger partial charge is 0.419 e. The first-order valence-corrected chi connectivity index (χ1v) is 37.9. The van der Waals surface area contributed by atoms with Gasteiger partial charge in [-0.1, -0.05) is 0 Å². The van der Waals surface area contributed by atoms with Crippen molar-refractivity contribution >= 4 is 564 Å². The van der Waals surface area contributed by atoms with Crippen LogP contribution < -0.4 is 46.0 Å². The number of halogens is 20. The Labute approximate surface area is 591 Å². The third kappa shape index (κ3) is 24.7. The van der Waals surface area contributed by atoms with E-state index in [1.807, 2.05) is 0 Å². The number of rotatable bonds is 24. The number of hydrogen-bond acceptors (Lipinski definition) is 3. The maximum Gasteiger partial charge on any atom is 1.00 e. The van der Waals surface area contributed by atoms with Crippen molar-refractivity contribution in [2.45, 2.75) is 0 Å². The molecule has 5 N–H and O–H groups in total. The van der Waals surface area contributed by atoms with Crippen molar-refractivity contribution in [1.29, 1.82) is 0 Å². The molecule has 0 saturated carbocycles. The average molecular weight is 2870 g/mol. The zero-order valence-electron chi connectivity index (χ0n) is 24.1. The molecular weight excluding hydrogens is 2860 g/mol. The molecule has 0 fully saturated rings. The number of nitrogens with one attached hydrogen (secondary N) is 1. The third-order valence-corrected chi connectivity index (χ3v) is 56.5. The maximum atomic E-state index is 6.95. The molecule has 0 amide bonds. The summed E-state index contributed by atoms with van der Waals surface area (Å²) in [5.74, 6) is 0. The second-order valence-corrected chi connectivity index (χ2v) is 37.2. The third-order valence-electron chi connectivity index (χ3n) is 6.48. The van der Waals surface area contributed by atoms with E-state index in [9.17, 15) is 0 Å². The van der Waals surface area contributed by atoms with Crippen molar-refractivity contribution in [3.8, 4) is 0 Å². The van der Waals surface area contributed by atoms with Crippen molar-refractivity contribution in [2.24, 2.45) is 11.3 Å². The Morgan fingerprint density at radius 2 is 0.500 bits per heavy atom. The molecule has 0 spiro atoms. The fraction of sp³-hybridized carbons (Fsp3) is 0. The summed E-state index contributed by atoms with van der Waals surface area (Å²) >= 11 is 52.1. The molecule has 0 aliphatic carbocycles. The zero-order valence-corrected chi connectivity index (χ0v) is 69.2. The zero-order chi connectivity index (χ0) is 37.1. The van der Waals surface area contributed by atoms with E-state index in [1.165, 1.54) is 0 Å². The van der Waals surface area contributed by atoms with Gasteiger partial charge in [0.05, 0.1) is 0 Å². The van der Waals surface area contributed by atoms with E-state index >= 15 is 0 Å². The standard InChI is InChI=1S/B24H5I20N3.Na/c25-1-5(27)9(31)15(37)19(41)23(45)21(43)17(39)13(35)11(33)7(29)3-47-4-8(30)12(34)14(36)18(40)22(44)24(46)20(42)16(38)10(32)6(28)2-26;/h47H,45-46H2;/q;+1. The summed E-state index contributed by atoms with van der Waals surface area (Å²) in [6.45, 7) is 0.298. The van der Waals surface area contributed by atoms with Crippen LogP contribution in [0.25, 0.3) is 0 Å². The Morgan fingerprint density at radius 1 is 0.312 bits per heavy atom. The van der Waals surface area contributed by atoms with E-state index in [1.54, 1.807) is 0 Å². The minimum Gasteiger partial charge on any atom is -0.419 e. The molecule has 0 aromatic heterocycles. The minimum atomic E-state index is 0. The quantitative estimate of drug-likeness (QED) is 0.102. The van der Waals surface area contributed by atoms with Crippen LogP contribution in [-0.2, 0) is 0 Å². The molecule has 232 valence electrons. The van der Waals surface area contributed by atoms with Crippen molar-refractivity contribution in [1.82, 2.24) is 5.14 Å². The molecule has 0 heterocycles. The van der Waals surface area contributed by atoms with Gasteiger partial charge in [-0.25, -0.2) is 0 Å². The van der Waals surface area contributed by atoms with Gasteiger partial charge in [-0.05, 0) is 0 Å². The summed E-state index contributed by atoms with van der Waals surface area (Å²) < 4.78 is 8.58. The van der Waals surface area contributed by atoms with Crippen LogP contribution in [0.4, 0.5) is 0 Å². The van der Waals surface area contributed by atoms with Gasteiger partial charge in [-0.15, -0.1) is 0 Å². The van der Waals surface area contributed by atoms with Crippen molar-refractivity contribution in [3.63, 3.8) is 0 Å². The Morgan fingerprint density at radius 3 is 0.729 bits per heavy atom. The van der Waals surface area contributed by atoms with Crippen LogP contribution in [0.15, 0.2) is 0 Å². The van der Waals surface area contributed by atoms with Crippen LogP contribution in [0, 0.1) is 0 Å². The molecule has 3 nitrogen and oxygen atoms in total. The predicted octanol–water partition coefficient (Wildman–Crippen LogP) is 3.90.